The fourth-order valence-electron chi connectivity index (χ4n) is 1.29. The number of hydrogen-bond donors (Lipinski definition) is 2. The van der Waals surface area contributed by atoms with Gasteiger partial charge in [-0.15, -0.1) is 0 Å². The first kappa shape index (κ1) is 12.7. The second kappa shape index (κ2) is 4.65. The minimum Gasteiger partial charge on any atom is -0.396 e. The van der Waals surface area contributed by atoms with E-state index in [9.17, 15) is 4.79 Å². The van der Waals surface area contributed by atoms with Crippen LogP contribution in [0.1, 0.15) is 29.9 Å². The summed E-state index contributed by atoms with van der Waals surface area (Å²) < 4.78 is 1.61. The fraction of sp³-hybridized carbons (Fsp3) is 0.636. The molecule has 1 amide bonds. The monoisotopic (exact) mass is 225 g/mol. The van der Waals surface area contributed by atoms with Gasteiger partial charge in [-0.3, -0.25) is 9.48 Å². The molecule has 1 aromatic heterocycles. The summed E-state index contributed by atoms with van der Waals surface area (Å²) in [4.78, 5) is 11.8. The summed E-state index contributed by atoms with van der Waals surface area (Å²) in [6, 6.07) is 0. The Morgan fingerprint density at radius 3 is 2.69 bits per heavy atom. The standard InChI is InChI=1S/C11H19N3O2/c1-8-9(5-14(4)13-8)10(16)12-6-11(2,3)7-15/h5,15H,6-7H2,1-4H3,(H,12,16). The van der Waals surface area contributed by atoms with E-state index in [1.807, 2.05) is 13.8 Å². The summed E-state index contributed by atoms with van der Waals surface area (Å²) in [6.07, 6.45) is 1.69. The van der Waals surface area contributed by atoms with Crippen LogP contribution >= 0.6 is 0 Å². The van der Waals surface area contributed by atoms with Gasteiger partial charge in [0, 0.05) is 31.8 Å². The third-order valence-electron chi connectivity index (χ3n) is 2.41. The van der Waals surface area contributed by atoms with Crippen molar-refractivity contribution in [1.29, 1.82) is 0 Å². The number of aliphatic hydroxyl groups excluding tert-OH is 1. The maximum atomic E-state index is 11.8. The van der Waals surface area contributed by atoms with Crippen LogP contribution in [0.5, 0.6) is 0 Å². The predicted molar refractivity (Wildman–Crippen MR) is 61.1 cm³/mol. The van der Waals surface area contributed by atoms with Crippen LogP contribution < -0.4 is 5.32 Å². The maximum Gasteiger partial charge on any atom is 0.254 e. The van der Waals surface area contributed by atoms with Gasteiger partial charge < -0.3 is 10.4 Å². The number of carbonyl (C=O) groups is 1. The van der Waals surface area contributed by atoms with Crippen molar-refractivity contribution in [3.8, 4) is 0 Å². The smallest absolute Gasteiger partial charge is 0.254 e. The molecule has 0 radical (unpaired) electrons. The molecule has 0 fully saturated rings. The van der Waals surface area contributed by atoms with E-state index in [1.54, 1.807) is 24.9 Å². The first-order chi connectivity index (χ1) is 7.35. The molecule has 0 aromatic carbocycles. The minimum atomic E-state index is -0.300. The molecule has 2 N–H and O–H groups in total. The van der Waals surface area contributed by atoms with E-state index in [-0.39, 0.29) is 17.9 Å². The number of aromatic nitrogens is 2. The second-order valence-corrected chi connectivity index (χ2v) is 4.81. The molecule has 0 saturated carbocycles. The van der Waals surface area contributed by atoms with Crippen molar-refractivity contribution in [2.45, 2.75) is 20.8 Å². The van der Waals surface area contributed by atoms with Crippen LogP contribution in [0.15, 0.2) is 6.20 Å². The third-order valence-corrected chi connectivity index (χ3v) is 2.41. The molecule has 0 aliphatic heterocycles. The number of nitrogens with one attached hydrogen (secondary N) is 1. The van der Waals surface area contributed by atoms with Gasteiger partial charge in [0.25, 0.3) is 5.91 Å². The molecular weight excluding hydrogens is 206 g/mol. The van der Waals surface area contributed by atoms with Crippen molar-refractivity contribution >= 4 is 5.91 Å². The van der Waals surface area contributed by atoms with E-state index < -0.39 is 0 Å². The second-order valence-electron chi connectivity index (χ2n) is 4.81. The van der Waals surface area contributed by atoms with E-state index in [0.29, 0.717) is 17.8 Å². The number of amides is 1. The topological polar surface area (TPSA) is 67.2 Å². The average molecular weight is 225 g/mol. The quantitative estimate of drug-likeness (QED) is 0.783. The van der Waals surface area contributed by atoms with Gasteiger partial charge in [0.15, 0.2) is 0 Å². The van der Waals surface area contributed by atoms with Gasteiger partial charge >= 0.3 is 0 Å². The highest BCUT2D eigenvalue weighted by Crippen LogP contribution is 2.12. The Morgan fingerprint density at radius 2 is 2.25 bits per heavy atom. The fourth-order valence-corrected chi connectivity index (χ4v) is 1.29. The van der Waals surface area contributed by atoms with Gasteiger partial charge in [-0.1, -0.05) is 13.8 Å². The predicted octanol–water partition coefficient (Wildman–Crippen LogP) is 0.477. The van der Waals surface area contributed by atoms with E-state index in [0.717, 1.165) is 0 Å². The summed E-state index contributed by atoms with van der Waals surface area (Å²) in [5.74, 6) is -0.146. The Labute approximate surface area is 95.5 Å². The molecular formula is C11H19N3O2. The first-order valence-corrected chi connectivity index (χ1v) is 5.25. The molecule has 0 saturated heterocycles. The Bertz CT molecular complexity index is 383. The molecule has 0 aliphatic rings. The van der Waals surface area contributed by atoms with Crippen LogP contribution in [0.3, 0.4) is 0 Å². The first-order valence-electron chi connectivity index (χ1n) is 5.25. The van der Waals surface area contributed by atoms with Gasteiger partial charge in [0.1, 0.15) is 0 Å². The number of hydrogen-bond acceptors (Lipinski definition) is 3. The van der Waals surface area contributed by atoms with Crippen molar-refractivity contribution in [3.05, 3.63) is 17.5 Å². The molecule has 16 heavy (non-hydrogen) atoms. The summed E-state index contributed by atoms with van der Waals surface area (Å²) in [6.45, 7) is 6.06. The zero-order valence-electron chi connectivity index (χ0n) is 10.2. The summed E-state index contributed by atoms with van der Waals surface area (Å²) in [7, 11) is 1.78. The Morgan fingerprint density at radius 1 is 1.62 bits per heavy atom. The lowest BCUT2D eigenvalue weighted by Crippen LogP contribution is -2.36. The van der Waals surface area contributed by atoms with Gasteiger partial charge in [-0.05, 0) is 6.92 Å². The van der Waals surface area contributed by atoms with E-state index in [1.165, 1.54) is 0 Å². The molecule has 1 aromatic rings. The highest BCUT2D eigenvalue weighted by Gasteiger charge is 2.19. The van der Waals surface area contributed by atoms with Crippen LogP contribution in [0.25, 0.3) is 0 Å². The maximum absolute atomic E-state index is 11.8. The van der Waals surface area contributed by atoms with Crippen LogP contribution in [0.2, 0.25) is 0 Å². The van der Waals surface area contributed by atoms with Crippen molar-refractivity contribution < 1.29 is 9.90 Å². The molecule has 5 heteroatoms. The Hall–Kier alpha value is -1.36. The Balaban J connectivity index is 2.63. The van der Waals surface area contributed by atoms with Gasteiger partial charge in [-0.2, -0.15) is 5.10 Å². The van der Waals surface area contributed by atoms with E-state index in [2.05, 4.69) is 10.4 Å². The normalized spacial score (nSPS) is 11.6. The number of aryl methyl sites for hydroxylation is 2. The average Bonchev–Trinajstić information content (AvgIpc) is 2.54. The van der Waals surface area contributed by atoms with Crippen LogP contribution in [0, 0.1) is 12.3 Å². The number of aliphatic hydroxyl groups is 1. The van der Waals surface area contributed by atoms with Crippen molar-refractivity contribution in [2.24, 2.45) is 12.5 Å². The van der Waals surface area contributed by atoms with E-state index >= 15 is 0 Å². The highest BCUT2D eigenvalue weighted by molar-refractivity contribution is 5.95. The number of carbonyl (C=O) groups excluding carboxylic acids is 1. The SMILES string of the molecule is Cc1nn(C)cc1C(=O)NCC(C)(C)CO. The third kappa shape index (κ3) is 3.06. The Kier molecular flexibility index (Phi) is 3.70. The zero-order chi connectivity index (χ0) is 12.3. The van der Waals surface area contributed by atoms with Crippen LogP contribution in [-0.2, 0) is 7.05 Å². The van der Waals surface area contributed by atoms with Crippen molar-refractivity contribution in [1.82, 2.24) is 15.1 Å². The molecule has 0 atom stereocenters. The number of rotatable bonds is 4. The van der Waals surface area contributed by atoms with Crippen molar-refractivity contribution in [2.75, 3.05) is 13.2 Å². The van der Waals surface area contributed by atoms with Gasteiger partial charge in [0.2, 0.25) is 0 Å². The highest BCUT2D eigenvalue weighted by atomic mass is 16.3. The van der Waals surface area contributed by atoms with Crippen molar-refractivity contribution in [3.63, 3.8) is 0 Å². The van der Waals surface area contributed by atoms with E-state index in [4.69, 9.17) is 5.11 Å². The molecule has 1 rings (SSSR count). The lowest BCUT2D eigenvalue weighted by molar-refractivity contribution is 0.0910. The molecule has 0 aliphatic carbocycles. The van der Waals surface area contributed by atoms with Gasteiger partial charge in [-0.25, -0.2) is 0 Å². The number of nitrogens with zero attached hydrogens (tertiary/aromatic N) is 2. The zero-order valence-corrected chi connectivity index (χ0v) is 10.2. The summed E-state index contributed by atoms with van der Waals surface area (Å²) in [5, 5.41) is 16.0. The minimum absolute atomic E-state index is 0.0410. The van der Waals surface area contributed by atoms with Gasteiger partial charge in [0.05, 0.1) is 11.3 Å². The molecule has 0 unspecified atom stereocenters. The largest absolute Gasteiger partial charge is 0.396 e. The molecule has 1 heterocycles. The molecule has 90 valence electrons. The summed E-state index contributed by atoms with van der Waals surface area (Å²) in [5.41, 5.74) is 0.990. The lowest BCUT2D eigenvalue weighted by Gasteiger charge is -2.21. The molecule has 0 spiro atoms. The lowest BCUT2D eigenvalue weighted by atomic mass is 9.95. The van der Waals surface area contributed by atoms with Crippen LogP contribution in [0.4, 0.5) is 0 Å². The molecule has 0 bridgehead atoms. The van der Waals surface area contributed by atoms with Crippen LogP contribution in [-0.4, -0.2) is 33.9 Å². The summed E-state index contributed by atoms with van der Waals surface area (Å²) >= 11 is 0. The molecule has 5 nitrogen and oxygen atoms in total.